The van der Waals surface area contributed by atoms with Crippen molar-refractivity contribution in [3.8, 4) is 11.5 Å². The van der Waals surface area contributed by atoms with Crippen molar-refractivity contribution in [1.82, 2.24) is 5.01 Å². The van der Waals surface area contributed by atoms with Gasteiger partial charge in [0, 0.05) is 16.5 Å². The summed E-state index contributed by atoms with van der Waals surface area (Å²) in [6.45, 7) is 0. The van der Waals surface area contributed by atoms with Gasteiger partial charge in [0.2, 0.25) is 6.23 Å². The standard InChI is InChI=1S/C22H16BrFN2O2/c23-14-7-10-20(27)17(11-14)22-26-19(16-3-1-2-4-21(16)28-22)12-18(25-26)13-5-8-15(24)9-6-13/h1-11,19,22,27H,12H2/t19-,22+/m0/s1. The third kappa shape index (κ3) is 2.85. The minimum absolute atomic E-state index is 0.0200. The minimum Gasteiger partial charge on any atom is -0.507 e. The highest BCUT2D eigenvalue weighted by atomic mass is 79.9. The van der Waals surface area contributed by atoms with Gasteiger partial charge < -0.3 is 9.84 Å². The quantitative estimate of drug-likeness (QED) is 0.571. The lowest BCUT2D eigenvalue weighted by Crippen LogP contribution is -2.33. The number of hydrazone groups is 1. The number of phenols is 1. The summed E-state index contributed by atoms with van der Waals surface area (Å²) in [5, 5.41) is 17.2. The van der Waals surface area contributed by atoms with E-state index in [9.17, 15) is 9.50 Å². The van der Waals surface area contributed by atoms with Crippen LogP contribution in [0.15, 0.2) is 76.3 Å². The maximum atomic E-state index is 13.3. The Balaban J connectivity index is 1.62. The molecule has 0 aromatic heterocycles. The Bertz CT molecular complexity index is 1080. The molecule has 0 saturated carbocycles. The lowest BCUT2D eigenvalue weighted by Gasteiger charge is -2.38. The molecule has 6 heteroatoms. The zero-order valence-electron chi connectivity index (χ0n) is 14.7. The average molecular weight is 439 g/mol. The molecular weight excluding hydrogens is 423 g/mol. The van der Waals surface area contributed by atoms with E-state index in [0.717, 1.165) is 27.1 Å². The third-order valence-electron chi connectivity index (χ3n) is 5.13. The Morgan fingerprint density at radius 3 is 2.64 bits per heavy atom. The first-order valence-corrected chi connectivity index (χ1v) is 9.75. The number of rotatable bonds is 2. The largest absolute Gasteiger partial charge is 0.507 e. The lowest BCUT2D eigenvalue weighted by atomic mass is 9.96. The molecule has 2 aliphatic heterocycles. The second-order valence-electron chi connectivity index (χ2n) is 6.86. The summed E-state index contributed by atoms with van der Waals surface area (Å²) in [5.74, 6) is 0.658. The number of fused-ring (bicyclic) bond motifs is 3. The second kappa shape index (κ2) is 6.63. The number of phenolic OH excluding ortho intramolecular Hbond substituents is 1. The maximum Gasteiger partial charge on any atom is 0.217 e. The van der Waals surface area contributed by atoms with Crippen molar-refractivity contribution in [2.45, 2.75) is 18.7 Å². The Morgan fingerprint density at radius 2 is 1.82 bits per heavy atom. The first-order valence-electron chi connectivity index (χ1n) is 8.96. The van der Waals surface area contributed by atoms with Crippen molar-refractivity contribution < 1.29 is 14.2 Å². The summed E-state index contributed by atoms with van der Waals surface area (Å²) >= 11 is 3.47. The van der Waals surface area contributed by atoms with E-state index in [4.69, 9.17) is 9.84 Å². The Morgan fingerprint density at radius 1 is 1.04 bits per heavy atom. The number of halogens is 2. The van der Waals surface area contributed by atoms with Crippen LogP contribution in [0.2, 0.25) is 0 Å². The molecule has 0 spiro atoms. The van der Waals surface area contributed by atoms with E-state index in [-0.39, 0.29) is 17.6 Å². The smallest absolute Gasteiger partial charge is 0.217 e. The van der Waals surface area contributed by atoms with Crippen LogP contribution >= 0.6 is 15.9 Å². The number of hydrogen-bond donors (Lipinski definition) is 1. The van der Waals surface area contributed by atoms with Gasteiger partial charge in [0.15, 0.2) is 0 Å². The SMILES string of the molecule is Oc1ccc(Br)cc1[C@H]1Oc2ccccc2[C@@H]2CC(c3ccc(F)cc3)=NN12. The van der Waals surface area contributed by atoms with E-state index in [0.29, 0.717) is 12.0 Å². The first-order chi connectivity index (χ1) is 13.6. The predicted octanol–water partition coefficient (Wildman–Crippen LogP) is 5.54. The molecule has 1 N–H and O–H groups in total. The molecule has 0 amide bonds. The highest BCUT2D eigenvalue weighted by molar-refractivity contribution is 9.10. The maximum absolute atomic E-state index is 13.3. The minimum atomic E-state index is -0.560. The Kier molecular flexibility index (Phi) is 4.09. The fourth-order valence-corrected chi connectivity index (χ4v) is 4.16. The summed E-state index contributed by atoms with van der Waals surface area (Å²) in [5.41, 5.74) is 3.43. The van der Waals surface area contributed by atoms with Gasteiger partial charge in [-0.15, -0.1) is 0 Å². The van der Waals surface area contributed by atoms with Gasteiger partial charge in [-0.2, -0.15) is 5.10 Å². The number of ether oxygens (including phenoxy) is 1. The normalized spacial score (nSPS) is 20.2. The summed E-state index contributed by atoms with van der Waals surface area (Å²) in [7, 11) is 0. The van der Waals surface area contributed by atoms with Crippen LogP contribution < -0.4 is 4.74 Å². The van der Waals surface area contributed by atoms with Gasteiger partial charge in [0.05, 0.1) is 17.3 Å². The van der Waals surface area contributed by atoms with Crippen LogP contribution in [-0.2, 0) is 0 Å². The van der Waals surface area contributed by atoms with E-state index in [1.165, 1.54) is 12.1 Å². The molecule has 0 radical (unpaired) electrons. The van der Waals surface area contributed by atoms with Crippen LogP contribution in [0.3, 0.4) is 0 Å². The molecule has 0 unspecified atom stereocenters. The van der Waals surface area contributed by atoms with Crippen molar-refractivity contribution in [2.24, 2.45) is 5.10 Å². The molecular formula is C22H16BrFN2O2. The van der Waals surface area contributed by atoms with Crippen molar-refractivity contribution in [3.63, 3.8) is 0 Å². The summed E-state index contributed by atoms with van der Waals surface area (Å²) in [6, 6.07) is 19.5. The molecule has 0 saturated heterocycles. The molecule has 2 heterocycles. The predicted molar refractivity (Wildman–Crippen MR) is 108 cm³/mol. The van der Waals surface area contributed by atoms with Gasteiger partial charge >= 0.3 is 0 Å². The fourth-order valence-electron chi connectivity index (χ4n) is 3.78. The van der Waals surface area contributed by atoms with E-state index < -0.39 is 6.23 Å². The molecule has 28 heavy (non-hydrogen) atoms. The van der Waals surface area contributed by atoms with E-state index in [1.807, 2.05) is 35.3 Å². The summed E-state index contributed by atoms with van der Waals surface area (Å²) < 4.78 is 20.4. The Labute approximate surface area is 170 Å². The van der Waals surface area contributed by atoms with Crippen molar-refractivity contribution in [2.75, 3.05) is 0 Å². The number of benzene rings is 3. The molecule has 0 bridgehead atoms. The van der Waals surface area contributed by atoms with Gasteiger partial charge in [0.25, 0.3) is 0 Å². The summed E-state index contributed by atoms with van der Waals surface area (Å²) in [4.78, 5) is 0. The molecule has 2 atom stereocenters. The highest BCUT2D eigenvalue weighted by Crippen LogP contribution is 2.48. The second-order valence-corrected chi connectivity index (χ2v) is 7.78. The number of nitrogens with zero attached hydrogens (tertiary/aromatic N) is 2. The van der Waals surface area contributed by atoms with Crippen LogP contribution in [-0.4, -0.2) is 15.8 Å². The van der Waals surface area contributed by atoms with Gasteiger partial charge in [-0.25, -0.2) is 9.40 Å². The lowest BCUT2D eigenvalue weighted by molar-refractivity contribution is -0.0203. The van der Waals surface area contributed by atoms with Crippen LogP contribution in [0.4, 0.5) is 4.39 Å². The molecule has 2 aliphatic rings. The molecule has 140 valence electrons. The zero-order chi connectivity index (χ0) is 19.3. The molecule has 0 fully saturated rings. The van der Waals surface area contributed by atoms with Crippen LogP contribution in [0.25, 0.3) is 0 Å². The third-order valence-corrected chi connectivity index (χ3v) is 5.63. The van der Waals surface area contributed by atoms with Gasteiger partial charge in [0.1, 0.15) is 17.3 Å². The van der Waals surface area contributed by atoms with Crippen molar-refractivity contribution in [3.05, 3.63) is 93.7 Å². The fraction of sp³-hybridized carbons (Fsp3) is 0.136. The molecule has 3 aromatic carbocycles. The van der Waals surface area contributed by atoms with Crippen LogP contribution in [0.5, 0.6) is 11.5 Å². The number of aromatic hydroxyl groups is 1. The molecule has 0 aliphatic carbocycles. The monoisotopic (exact) mass is 438 g/mol. The van der Waals surface area contributed by atoms with E-state index >= 15 is 0 Å². The summed E-state index contributed by atoms with van der Waals surface area (Å²) in [6.07, 6.45) is 0.118. The van der Waals surface area contributed by atoms with Gasteiger partial charge in [-0.3, -0.25) is 0 Å². The highest BCUT2D eigenvalue weighted by Gasteiger charge is 2.41. The van der Waals surface area contributed by atoms with Crippen LogP contribution in [0.1, 0.15) is 35.4 Å². The van der Waals surface area contributed by atoms with Gasteiger partial charge in [-0.05, 0) is 42.0 Å². The first kappa shape index (κ1) is 17.3. The number of para-hydroxylation sites is 1. The molecule has 3 aromatic rings. The van der Waals surface area contributed by atoms with Gasteiger partial charge in [-0.1, -0.05) is 46.3 Å². The van der Waals surface area contributed by atoms with Crippen molar-refractivity contribution in [1.29, 1.82) is 0 Å². The average Bonchev–Trinajstić information content (AvgIpc) is 3.15. The van der Waals surface area contributed by atoms with Crippen molar-refractivity contribution >= 4 is 21.6 Å². The van der Waals surface area contributed by atoms with E-state index in [2.05, 4.69) is 15.9 Å². The zero-order valence-corrected chi connectivity index (χ0v) is 16.3. The molecule has 4 nitrogen and oxygen atoms in total. The van der Waals surface area contributed by atoms with E-state index in [1.54, 1.807) is 24.3 Å². The molecule has 5 rings (SSSR count). The van der Waals surface area contributed by atoms with Crippen LogP contribution in [0, 0.1) is 5.82 Å². The topological polar surface area (TPSA) is 45.1 Å². The number of hydrogen-bond acceptors (Lipinski definition) is 4. The Hall–Kier alpha value is -2.86.